The van der Waals surface area contributed by atoms with Crippen molar-refractivity contribution in [2.45, 2.75) is 34.1 Å². The molecule has 0 N–H and O–H groups in total. The molecule has 0 saturated carbocycles. The maximum atomic E-state index is 11.6. The van der Waals surface area contributed by atoms with Crippen LogP contribution in [0.4, 0.5) is 0 Å². The Morgan fingerprint density at radius 1 is 1.38 bits per heavy atom. The van der Waals surface area contributed by atoms with Crippen molar-refractivity contribution in [2.75, 3.05) is 19.0 Å². The zero-order valence-corrected chi connectivity index (χ0v) is 9.82. The van der Waals surface area contributed by atoms with Crippen LogP contribution in [0.2, 0.25) is 0 Å². The molecule has 2 nitrogen and oxygen atoms in total. The number of carbonyl (C=O) groups is 1. The van der Waals surface area contributed by atoms with E-state index in [1.165, 1.54) is 0 Å². The smallest absolute Gasteiger partial charge is 0.223 e. The van der Waals surface area contributed by atoms with Crippen LogP contribution in [0.3, 0.4) is 0 Å². The molecule has 78 valence electrons. The molecule has 0 fully saturated rings. The second-order valence-corrected chi connectivity index (χ2v) is 4.78. The highest BCUT2D eigenvalue weighted by Gasteiger charge is 2.19. The quantitative estimate of drug-likeness (QED) is 0.646. The van der Waals surface area contributed by atoms with Crippen molar-refractivity contribution in [1.29, 1.82) is 0 Å². The van der Waals surface area contributed by atoms with Crippen LogP contribution in [-0.2, 0) is 4.79 Å². The second kappa shape index (κ2) is 5.48. The highest BCUT2D eigenvalue weighted by atomic mass is 35.5. The van der Waals surface area contributed by atoms with Crippen LogP contribution in [0.5, 0.6) is 0 Å². The number of nitrogens with zero attached hydrogens (tertiary/aromatic N) is 1. The Kier molecular flexibility index (Phi) is 5.38. The zero-order valence-electron chi connectivity index (χ0n) is 9.06. The zero-order chi connectivity index (χ0) is 10.5. The van der Waals surface area contributed by atoms with Gasteiger partial charge in [-0.25, -0.2) is 0 Å². The lowest BCUT2D eigenvalue weighted by molar-refractivity contribution is -0.132. The van der Waals surface area contributed by atoms with Crippen LogP contribution < -0.4 is 0 Å². The van der Waals surface area contributed by atoms with Gasteiger partial charge in [0.1, 0.15) is 0 Å². The summed E-state index contributed by atoms with van der Waals surface area (Å²) in [5.41, 5.74) is 0.0663. The van der Waals surface area contributed by atoms with Crippen LogP contribution in [0, 0.1) is 5.41 Å². The van der Waals surface area contributed by atoms with Gasteiger partial charge in [-0.05, 0) is 12.3 Å². The third-order valence-electron chi connectivity index (χ3n) is 1.77. The first-order valence-electron chi connectivity index (χ1n) is 4.74. The van der Waals surface area contributed by atoms with Gasteiger partial charge in [0.2, 0.25) is 5.91 Å². The van der Waals surface area contributed by atoms with Crippen LogP contribution in [-0.4, -0.2) is 29.8 Å². The SMILES string of the molecule is CCN(CCCl)C(=O)CC(C)(C)C. The van der Waals surface area contributed by atoms with E-state index in [4.69, 9.17) is 11.6 Å². The topological polar surface area (TPSA) is 20.3 Å². The number of rotatable bonds is 4. The fourth-order valence-electron chi connectivity index (χ4n) is 1.13. The van der Waals surface area contributed by atoms with E-state index in [0.29, 0.717) is 18.8 Å². The highest BCUT2D eigenvalue weighted by molar-refractivity contribution is 6.18. The minimum Gasteiger partial charge on any atom is -0.342 e. The van der Waals surface area contributed by atoms with E-state index in [0.717, 1.165) is 6.54 Å². The summed E-state index contributed by atoms with van der Waals surface area (Å²) in [5.74, 6) is 0.722. The number of hydrogen-bond donors (Lipinski definition) is 0. The van der Waals surface area contributed by atoms with E-state index < -0.39 is 0 Å². The van der Waals surface area contributed by atoms with Crippen LogP contribution >= 0.6 is 11.6 Å². The van der Waals surface area contributed by atoms with Crippen molar-refractivity contribution in [3.63, 3.8) is 0 Å². The molecule has 0 aliphatic heterocycles. The van der Waals surface area contributed by atoms with Crippen molar-refractivity contribution in [3.05, 3.63) is 0 Å². The Balaban J connectivity index is 4.06. The van der Waals surface area contributed by atoms with E-state index in [-0.39, 0.29) is 11.3 Å². The molecule has 0 bridgehead atoms. The molecule has 0 aliphatic carbocycles. The Bertz CT molecular complexity index is 163. The molecule has 0 aromatic heterocycles. The molecule has 0 atom stereocenters. The maximum absolute atomic E-state index is 11.6. The van der Waals surface area contributed by atoms with Crippen molar-refractivity contribution in [3.8, 4) is 0 Å². The molecular weight excluding hydrogens is 186 g/mol. The Labute approximate surface area is 86.2 Å². The van der Waals surface area contributed by atoms with Gasteiger partial charge in [0.25, 0.3) is 0 Å². The lowest BCUT2D eigenvalue weighted by atomic mass is 9.91. The number of hydrogen-bond acceptors (Lipinski definition) is 1. The summed E-state index contributed by atoms with van der Waals surface area (Å²) >= 11 is 5.60. The summed E-state index contributed by atoms with van der Waals surface area (Å²) in [6.45, 7) is 9.60. The Hall–Kier alpha value is -0.240. The fourth-order valence-corrected chi connectivity index (χ4v) is 1.33. The highest BCUT2D eigenvalue weighted by Crippen LogP contribution is 2.19. The summed E-state index contributed by atoms with van der Waals surface area (Å²) in [5, 5.41) is 0. The molecular formula is C10H20ClNO. The van der Waals surface area contributed by atoms with Gasteiger partial charge in [-0.1, -0.05) is 20.8 Å². The van der Waals surface area contributed by atoms with E-state index in [1.807, 2.05) is 6.92 Å². The van der Waals surface area contributed by atoms with Gasteiger partial charge in [-0.2, -0.15) is 0 Å². The predicted molar refractivity (Wildman–Crippen MR) is 57.0 cm³/mol. The van der Waals surface area contributed by atoms with Gasteiger partial charge in [-0.15, -0.1) is 11.6 Å². The Morgan fingerprint density at radius 3 is 2.23 bits per heavy atom. The van der Waals surface area contributed by atoms with Crippen LogP contribution in [0.1, 0.15) is 34.1 Å². The van der Waals surface area contributed by atoms with Gasteiger partial charge in [-0.3, -0.25) is 4.79 Å². The largest absolute Gasteiger partial charge is 0.342 e. The summed E-state index contributed by atoms with van der Waals surface area (Å²) in [7, 11) is 0. The molecule has 0 radical (unpaired) electrons. The first-order chi connectivity index (χ1) is 5.90. The van der Waals surface area contributed by atoms with Gasteiger partial charge >= 0.3 is 0 Å². The molecule has 0 aromatic rings. The van der Waals surface area contributed by atoms with Crippen LogP contribution in [0.25, 0.3) is 0 Å². The Morgan fingerprint density at radius 2 is 1.92 bits per heavy atom. The van der Waals surface area contributed by atoms with Crippen molar-refractivity contribution in [2.24, 2.45) is 5.41 Å². The molecule has 0 spiro atoms. The normalized spacial score (nSPS) is 11.5. The maximum Gasteiger partial charge on any atom is 0.223 e. The summed E-state index contributed by atoms with van der Waals surface area (Å²) in [6.07, 6.45) is 0.595. The number of alkyl halides is 1. The second-order valence-electron chi connectivity index (χ2n) is 4.40. The molecule has 0 aromatic carbocycles. The molecule has 0 unspecified atom stereocenters. The average Bonchev–Trinajstić information content (AvgIpc) is 1.96. The molecule has 0 saturated heterocycles. The van der Waals surface area contributed by atoms with Gasteiger partial charge in [0.15, 0.2) is 0 Å². The first kappa shape index (κ1) is 12.8. The summed E-state index contributed by atoms with van der Waals surface area (Å²) in [6, 6.07) is 0. The van der Waals surface area contributed by atoms with E-state index >= 15 is 0 Å². The minimum absolute atomic E-state index is 0.0663. The number of amides is 1. The fraction of sp³-hybridized carbons (Fsp3) is 0.900. The lowest BCUT2D eigenvalue weighted by Crippen LogP contribution is -2.34. The average molecular weight is 206 g/mol. The molecule has 0 heterocycles. The lowest BCUT2D eigenvalue weighted by Gasteiger charge is -2.24. The van der Waals surface area contributed by atoms with Gasteiger partial charge in [0.05, 0.1) is 0 Å². The number of halogens is 1. The van der Waals surface area contributed by atoms with E-state index in [2.05, 4.69) is 20.8 Å². The van der Waals surface area contributed by atoms with Gasteiger partial charge in [0, 0.05) is 25.4 Å². The van der Waals surface area contributed by atoms with Crippen molar-refractivity contribution >= 4 is 17.5 Å². The molecule has 0 aliphatic rings. The molecule has 13 heavy (non-hydrogen) atoms. The third-order valence-corrected chi connectivity index (χ3v) is 1.94. The minimum atomic E-state index is 0.0663. The summed E-state index contributed by atoms with van der Waals surface area (Å²) in [4.78, 5) is 13.5. The first-order valence-corrected chi connectivity index (χ1v) is 5.28. The van der Waals surface area contributed by atoms with Crippen molar-refractivity contribution < 1.29 is 4.79 Å². The van der Waals surface area contributed by atoms with Gasteiger partial charge < -0.3 is 4.90 Å². The molecule has 0 rings (SSSR count). The molecule has 1 amide bonds. The number of carbonyl (C=O) groups excluding carboxylic acids is 1. The molecule has 3 heteroatoms. The van der Waals surface area contributed by atoms with Crippen molar-refractivity contribution in [1.82, 2.24) is 4.90 Å². The summed E-state index contributed by atoms with van der Waals surface area (Å²) < 4.78 is 0. The monoisotopic (exact) mass is 205 g/mol. The van der Waals surface area contributed by atoms with E-state index in [1.54, 1.807) is 4.90 Å². The van der Waals surface area contributed by atoms with Crippen LogP contribution in [0.15, 0.2) is 0 Å². The third kappa shape index (κ3) is 5.92. The standard InChI is InChI=1S/C10H20ClNO/c1-5-12(7-6-11)9(13)8-10(2,3)4/h5-8H2,1-4H3. The predicted octanol–water partition coefficient (Wildman–Crippen LogP) is 2.51. The van der Waals surface area contributed by atoms with E-state index in [9.17, 15) is 4.79 Å².